The third-order valence-electron chi connectivity index (χ3n) is 1.39. The lowest BCUT2D eigenvalue weighted by Crippen LogP contribution is -1.81. The molecule has 0 saturated carbocycles. The smallest absolute Gasteiger partial charge is 0.150 e. The minimum absolute atomic E-state index is 0.710. The first-order valence-corrected chi connectivity index (χ1v) is 5.43. The number of rotatable bonds is 3. The van der Waals surface area contributed by atoms with Crippen molar-refractivity contribution in [1.82, 2.24) is 0 Å². The van der Waals surface area contributed by atoms with Crippen LogP contribution in [0.2, 0.25) is 0 Å². The Hall–Kier alpha value is -0.280. The number of benzene rings is 1. The fourth-order valence-corrected chi connectivity index (χ4v) is 2.27. The highest BCUT2D eigenvalue weighted by Crippen LogP contribution is 2.27. The van der Waals surface area contributed by atoms with Crippen LogP contribution < -0.4 is 0 Å². The largest absolute Gasteiger partial charge is 0.298 e. The van der Waals surface area contributed by atoms with Gasteiger partial charge in [0, 0.05) is 14.9 Å². The summed E-state index contributed by atoms with van der Waals surface area (Å²) < 4.78 is 0.999. The van der Waals surface area contributed by atoms with E-state index in [1.807, 2.05) is 18.2 Å². The van der Waals surface area contributed by atoms with Gasteiger partial charge in [0.15, 0.2) is 0 Å². The van der Waals surface area contributed by atoms with Crippen molar-refractivity contribution >= 4 is 34.0 Å². The highest BCUT2D eigenvalue weighted by Gasteiger charge is 1.99. The van der Waals surface area contributed by atoms with Crippen molar-refractivity contribution in [3.63, 3.8) is 0 Å². The van der Waals surface area contributed by atoms with Gasteiger partial charge in [-0.2, -0.15) is 0 Å². The second kappa shape index (κ2) is 4.67. The predicted molar refractivity (Wildman–Crippen MR) is 55.9 cm³/mol. The summed E-state index contributed by atoms with van der Waals surface area (Å²) in [5.41, 5.74) is 0.710. The van der Waals surface area contributed by atoms with Crippen LogP contribution in [-0.2, 0) is 0 Å². The van der Waals surface area contributed by atoms with Crippen molar-refractivity contribution in [2.75, 3.05) is 5.75 Å². The van der Waals surface area contributed by atoms with Crippen LogP contribution >= 0.6 is 27.7 Å². The molecule has 1 aromatic carbocycles. The van der Waals surface area contributed by atoms with Gasteiger partial charge in [-0.3, -0.25) is 4.79 Å². The van der Waals surface area contributed by atoms with E-state index in [-0.39, 0.29) is 0 Å². The number of thioether (sulfide) groups is 1. The van der Waals surface area contributed by atoms with Crippen LogP contribution in [0.5, 0.6) is 0 Å². The molecule has 0 N–H and O–H groups in total. The van der Waals surface area contributed by atoms with Crippen molar-refractivity contribution < 1.29 is 4.79 Å². The van der Waals surface area contributed by atoms with Crippen LogP contribution in [0.3, 0.4) is 0 Å². The molecule has 12 heavy (non-hydrogen) atoms. The van der Waals surface area contributed by atoms with E-state index < -0.39 is 0 Å². The second-order valence-electron chi connectivity index (χ2n) is 2.24. The SMILES string of the molecule is CCSc1ccc(C=O)cc1Br. The van der Waals surface area contributed by atoms with Crippen LogP contribution in [-0.4, -0.2) is 12.0 Å². The van der Waals surface area contributed by atoms with Gasteiger partial charge in [0.2, 0.25) is 0 Å². The zero-order valence-corrected chi connectivity index (χ0v) is 9.11. The Labute approximate surface area is 84.7 Å². The Balaban J connectivity index is 2.94. The Morgan fingerprint density at radius 2 is 2.33 bits per heavy atom. The first-order valence-electron chi connectivity index (χ1n) is 3.65. The summed E-state index contributed by atoms with van der Waals surface area (Å²) in [6.45, 7) is 2.10. The molecule has 0 saturated heterocycles. The lowest BCUT2D eigenvalue weighted by atomic mass is 10.2. The average Bonchev–Trinajstić information content (AvgIpc) is 2.09. The summed E-state index contributed by atoms with van der Waals surface area (Å²) in [5.74, 6) is 1.04. The molecule has 1 nitrogen and oxygen atoms in total. The van der Waals surface area contributed by atoms with Gasteiger partial charge in [-0.05, 0) is 33.8 Å². The van der Waals surface area contributed by atoms with Gasteiger partial charge in [0.25, 0.3) is 0 Å². The molecule has 0 amide bonds. The number of aldehydes is 1. The number of carbonyl (C=O) groups excluding carboxylic acids is 1. The fraction of sp³-hybridized carbons (Fsp3) is 0.222. The number of hydrogen-bond donors (Lipinski definition) is 0. The highest BCUT2D eigenvalue weighted by molar-refractivity contribution is 9.10. The fourth-order valence-electron chi connectivity index (χ4n) is 0.863. The van der Waals surface area contributed by atoms with E-state index in [1.54, 1.807) is 11.8 Å². The molecular formula is C9H9BrOS. The first kappa shape index (κ1) is 9.81. The molecule has 1 aromatic rings. The zero-order chi connectivity index (χ0) is 8.97. The Bertz CT molecular complexity index is 286. The van der Waals surface area contributed by atoms with E-state index in [4.69, 9.17) is 0 Å². The Morgan fingerprint density at radius 1 is 1.58 bits per heavy atom. The molecule has 0 heterocycles. The molecule has 0 aliphatic heterocycles. The molecule has 0 bridgehead atoms. The lowest BCUT2D eigenvalue weighted by molar-refractivity contribution is 0.112. The minimum atomic E-state index is 0.710. The molecule has 0 fully saturated rings. The third kappa shape index (κ3) is 2.35. The molecule has 0 aliphatic carbocycles. The van der Waals surface area contributed by atoms with Crippen molar-refractivity contribution in [3.8, 4) is 0 Å². The van der Waals surface area contributed by atoms with Crippen LogP contribution in [0.15, 0.2) is 27.6 Å². The van der Waals surface area contributed by atoms with E-state index >= 15 is 0 Å². The van der Waals surface area contributed by atoms with Crippen LogP contribution in [0.1, 0.15) is 17.3 Å². The van der Waals surface area contributed by atoms with Gasteiger partial charge in [0.1, 0.15) is 6.29 Å². The van der Waals surface area contributed by atoms with E-state index in [9.17, 15) is 4.79 Å². The van der Waals surface area contributed by atoms with Crippen molar-refractivity contribution in [2.24, 2.45) is 0 Å². The predicted octanol–water partition coefficient (Wildman–Crippen LogP) is 3.37. The van der Waals surface area contributed by atoms with Gasteiger partial charge in [-0.15, -0.1) is 11.8 Å². The molecule has 0 spiro atoms. The van der Waals surface area contributed by atoms with E-state index in [0.717, 1.165) is 16.5 Å². The van der Waals surface area contributed by atoms with Gasteiger partial charge in [-0.1, -0.05) is 13.0 Å². The Morgan fingerprint density at radius 3 is 2.83 bits per heavy atom. The summed E-state index contributed by atoms with van der Waals surface area (Å²) in [4.78, 5) is 11.6. The molecular weight excluding hydrogens is 236 g/mol. The maximum atomic E-state index is 10.4. The number of carbonyl (C=O) groups is 1. The van der Waals surface area contributed by atoms with Gasteiger partial charge in [0.05, 0.1) is 0 Å². The normalized spacial score (nSPS) is 9.83. The van der Waals surface area contributed by atoms with E-state index in [1.165, 1.54) is 4.90 Å². The number of halogens is 1. The van der Waals surface area contributed by atoms with Gasteiger partial charge < -0.3 is 0 Å². The minimum Gasteiger partial charge on any atom is -0.298 e. The summed E-state index contributed by atoms with van der Waals surface area (Å²) >= 11 is 5.17. The van der Waals surface area contributed by atoms with Crippen LogP contribution in [0, 0.1) is 0 Å². The molecule has 0 radical (unpaired) electrons. The molecule has 0 aromatic heterocycles. The number of hydrogen-bond acceptors (Lipinski definition) is 2. The molecule has 0 atom stereocenters. The lowest BCUT2D eigenvalue weighted by Gasteiger charge is -2.01. The van der Waals surface area contributed by atoms with Crippen molar-refractivity contribution in [3.05, 3.63) is 28.2 Å². The monoisotopic (exact) mass is 244 g/mol. The maximum Gasteiger partial charge on any atom is 0.150 e. The van der Waals surface area contributed by atoms with Gasteiger partial charge >= 0.3 is 0 Å². The standard InChI is InChI=1S/C9H9BrOS/c1-2-12-9-4-3-7(6-11)5-8(9)10/h3-6H,2H2,1H3. The molecule has 3 heteroatoms. The highest BCUT2D eigenvalue weighted by atomic mass is 79.9. The Kier molecular flexibility index (Phi) is 3.82. The van der Waals surface area contributed by atoms with Crippen LogP contribution in [0.4, 0.5) is 0 Å². The summed E-state index contributed by atoms with van der Waals surface area (Å²) in [5, 5.41) is 0. The summed E-state index contributed by atoms with van der Waals surface area (Å²) in [6.07, 6.45) is 0.852. The molecule has 1 rings (SSSR count). The third-order valence-corrected chi connectivity index (χ3v) is 3.27. The van der Waals surface area contributed by atoms with Crippen LogP contribution in [0.25, 0.3) is 0 Å². The molecule has 64 valence electrons. The van der Waals surface area contributed by atoms with Crippen molar-refractivity contribution in [1.29, 1.82) is 0 Å². The second-order valence-corrected chi connectivity index (χ2v) is 4.40. The average molecular weight is 245 g/mol. The van der Waals surface area contributed by atoms with Crippen molar-refractivity contribution in [2.45, 2.75) is 11.8 Å². The topological polar surface area (TPSA) is 17.1 Å². The maximum absolute atomic E-state index is 10.4. The molecule has 0 aliphatic rings. The summed E-state index contributed by atoms with van der Waals surface area (Å²) in [6, 6.07) is 5.63. The quantitative estimate of drug-likeness (QED) is 0.599. The van der Waals surface area contributed by atoms with E-state index in [0.29, 0.717) is 5.56 Å². The van der Waals surface area contributed by atoms with Gasteiger partial charge in [-0.25, -0.2) is 0 Å². The zero-order valence-electron chi connectivity index (χ0n) is 6.71. The molecule has 0 unspecified atom stereocenters. The first-order chi connectivity index (χ1) is 5.77. The summed E-state index contributed by atoms with van der Waals surface area (Å²) in [7, 11) is 0. The van der Waals surface area contributed by atoms with E-state index in [2.05, 4.69) is 22.9 Å².